The van der Waals surface area contributed by atoms with Gasteiger partial charge in [0, 0.05) is 11.4 Å². The molecule has 1 aromatic carbocycles. The van der Waals surface area contributed by atoms with Crippen LogP contribution >= 0.6 is 0 Å². The molecule has 20 heavy (non-hydrogen) atoms. The molecular weight excluding hydrogens is 248 g/mol. The van der Waals surface area contributed by atoms with Crippen LogP contribution in [0.1, 0.15) is 36.4 Å². The summed E-state index contributed by atoms with van der Waals surface area (Å²) < 4.78 is 0. The first-order chi connectivity index (χ1) is 9.63. The van der Waals surface area contributed by atoms with E-state index in [1.54, 1.807) is 6.21 Å². The highest BCUT2D eigenvalue weighted by atomic mass is 15.3. The summed E-state index contributed by atoms with van der Waals surface area (Å²) in [7, 11) is 0. The van der Waals surface area contributed by atoms with Crippen LogP contribution in [0.2, 0.25) is 0 Å². The van der Waals surface area contributed by atoms with Gasteiger partial charge in [0.15, 0.2) is 0 Å². The second kappa shape index (κ2) is 8.04. The van der Waals surface area contributed by atoms with Crippen LogP contribution < -0.4 is 5.43 Å². The third kappa shape index (κ3) is 5.18. The number of hydrazone groups is 1. The Balaban J connectivity index is 0.000000956. The minimum absolute atomic E-state index is 0.524. The summed E-state index contributed by atoms with van der Waals surface area (Å²) >= 11 is 0. The lowest BCUT2D eigenvalue weighted by Gasteiger charge is -2.01. The first kappa shape index (κ1) is 15.8. The van der Waals surface area contributed by atoms with Crippen molar-refractivity contribution >= 4 is 12.2 Å². The van der Waals surface area contributed by atoms with E-state index >= 15 is 0 Å². The maximum absolute atomic E-state index is 4.25. The highest BCUT2D eigenvalue weighted by Crippen LogP contribution is 2.04. The molecule has 0 bridgehead atoms. The zero-order chi connectivity index (χ0) is 15.0. The number of rotatable bonds is 3. The Labute approximate surface area is 121 Å². The van der Waals surface area contributed by atoms with Gasteiger partial charge in [0.2, 0.25) is 5.95 Å². The summed E-state index contributed by atoms with van der Waals surface area (Å²) in [5.74, 6) is 0.524. The monoisotopic (exact) mass is 270 g/mol. The van der Waals surface area contributed by atoms with E-state index in [1.807, 2.05) is 45.9 Å². The van der Waals surface area contributed by atoms with Gasteiger partial charge in [-0.1, -0.05) is 43.7 Å². The number of nitrogens with zero attached hydrogens (tertiary/aromatic N) is 3. The molecule has 4 nitrogen and oxygen atoms in total. The van der Waals surface area contributed by atoms with Crippen LogP contribution in [0.4, 0.5) is 5.95 Å². The minimum atomic E-state index is 0.524. The van der Waals surface area contributed by atoms with E-state index in [0.717, 1.165) is 17.0 Å². The van der Waals surface area contributed by atoms with Gasteiger partial charge in [-0.3, -0.25) is 0 Å². The molecule has 0 spiro atoms. The van der Waals surface area contributed by atoms with Crippen molar-refractivity contribution in [3.05, 3.63) is 52.8 Å². The molecule has 2 rings (SSSR count). The normalized spacial score (nSPS) is 10.1. The number of hydrogen-bond donors (Lipinski definition) is 1. The summed E-state index contributed by atoms with van der Waals surface area (Å²) in [5, 5.41) is 4.14. The van der Waals surface area contributed by atoms with Gasteiger partial charge in [-0.15, -0.1) is 0 Å². The molecule has 1 aromatic heterocycles. The molecule has 0 unspecified atom stereocenters. The van der Waals surface area contributed by atoms with Crippen molar-refractivity contribution in [3.63, 3.8) is 0 Å². The van der Waals surface area contributed by atoms with E-state index in [2.05, 4.69) is 39.6 Å². The molecule has 2 aromatic rings. The summed E-state index contributed by atoms with van der Waals surface area (Å²) in [6.07, 6.45) is 1.76. The fourth-order valence-corrected chi connectivity index (χ4v) is 1.69. The first-order valence-corrected chi connectivity index (χ1v) is 6.81. The van der Waals surface area contributed by atoms with Crippen LogP contribution in [0, 0.1) is 20.8 Å². The lowest BCUT2D eigenvalue weighted by Crippen LogP contribution is -1.99. The van der Waals surface area contributed by atoms with Crippen molar-refractivity contribution in [3.8, 4) is 0 Å². The zero-order valence-corrected chi connectivity index (χ0v) is 12.8. The molecule has 1 N–H and O–H groups in total. The summed E-state index contributed by atoms with van der Waals surface area (Å²) in [5.41, 5.74) is 6.95. The fraction of sp³-hybridized carbons (Fsp3) is 0.312. The molecule has 0 radical (unpaired) electrons. The smallest absolute Gasteiger partial charge is 0.243 e. The van der Waals surface area contributed by atoms with Gasteiger partial charge in [-0.25, -0.2) is 15.4 Å². The third-order valence-electron chi connectivity index (χ3n) is 2.40. The molecule has 0 saturated heterocycles. The van der Waals surface area contributed by atoms with Crippen molar-refractivity contribution in [2.45, 2.75) is 34.6 Å². The molecule has 0 amide bonds. The van der Waals surface area contributed by atoms with E-state index in [4.69, 9.17) is 0 Å². The fourth-order valence-electron chi connectivity index (χ4n) is 1.69. The molecule has 0 saturated carbocycles. The van der Waals surface area contributed by atoms with Crippen molar-refractivity contribution in [2.24, 2.45) is 5.10 Å². The molecule has 0 aliphatic carbocycles. The summed E-state index contributed by atoms with van der Waals surface area (Å²) in [6, 6.07) is 10.0. The molecular formula is C16H22N4. The number of aryl methyl sites for hydroxylation is 3. The van der Waals surface area contributed by atoms with E-state index in [9.17, 15) is 0 Å². The van der Waals surface area contributed by atoms with Crippen molar-refractivity contribution in [2.75, 3.05) is 5.43 Å². The second-order valence-corrected chi connectivity index (χ2v) is 4.26. The molecule has 0 atom stereocenters. The number of nitrogens with one attached hydrogen (secondary N) is 1. The maximum Gasteiger partial charge on any atom is 0.243 e. The predicted octanol–water partition coefficient (Wildman–Crippen LogP) is 3.87. The molecule has 0 aliphatic rings. The van der Waals surface area contributed by atoms with Gasteiger partial charge >= 0.3 is 0 Å². The number of aromatic nitrogens is 2. The Hall–Kier alpha value is -2.23. The maximum atomic E-state index is 4.25. The van der Waals surface area contributed by atoms with E-state index in [0.29, 0.717) is 5.95 Å². The van der Waals surface area contributed by atoms with E-state index < -0.39 is 0 Å². The van der Waals surface area contributed by atoms with Gasteiger partial charge in [0.25, 0.3) is 0 Å². The van der Waals surface area contributed by atoms with Gasteiger partial charge in [-0.2, -0.15) is 5.10 Å². The Morgan fingerprint density at radius 1 is 1.00 bits per heavy atom. The highest BCUT2D eigenvalue weighted by molar-refractivity contribution is 5.80. The Morgan fingerprint density at radius 2 is 1.65 bits per heavy atom. The Morgan fingerprint density at radius 3 is 2.25 bits per heavy atom. The second-order valence-electron chi connectivity index (χ2n) is 4.26. The van der Waals surface area contributed by atoms with Crippen LogP contribution in [0.3, 0.4) is 0 Å². The average Bonchev–Trinajstić information content (AvgIpc) is 2.40. The molecule has 0 fully saturated rings. The molecule has 106 valence electrons. The Bertz CT molecular complexity index is 556. The predicted molar refractivity (Wildman–Crippen MR) is 85.2 cm³/mol. The number of benzene rings is 1. The van der Waals surface area contributed by atoms with Crippen LogP contribution in [0.5, 0.6) is 0 Å². The number of anilines is 1. The zero-order valence-electron chi connectivity index (χ0n) is 12.8. The van der Waals surface area contributed by atoms with Crippen molar-refractivity contribution in [1.29, 1.82) is 0 Å². The Kier molecular flexibility index (Phi) is 6.37. The van der Waals surface area contributed by atoms with Crippen molar-refractivity contribution < 1.29 is 0 Å². The lowest BCUT2D eigenvalue weighted by atomic mass is 10.2. The van der Waals surface area contributed by atoms with Crippen LogP contribution in [-0.2, 0) is 0 Å². The minimum Gasteiger partial charge on any atom is -0.245 e. The SMILES string of the molecule is CC.Cc1cccc(/C=N/Nc2nc(C)cc(C)n2)c1. The highest BCUT2D eigenvalue weighted by Gasteiger charge is 1.96. The van der Waals surface area contributed by atoms with Crippen molar-refractivity contribution in [1.82, 2.24) is 9.97 Å². The third-order valence-corrected chi connectivity index (χ3v) is 2.40. The van der Waals surface area contributed by atoms with Gasteiger partial charge < -0.3 is 0 Å². The first-order valence-electron chi connectivity index (χ1n) is 6.81. The van der Waals surface area contributed by atoms with Gasteiger partial charge in [-0.05, 0) is 32.4 Å². The molecule has 1 heterocycles. The summed E-state index contributed by atoms with van der Waals surface area (Å²) in [4.78, 5) is 8.49. The van der Waals surface area contributed by atoms with Gasteiger partial charge in [0.1, 0.15) is 0 Å². The van der Waals surface area contributed by atoms with Crippen LogP contribution in [-0.4, -0.2) is 16.2 Å². The molecule has 4 heteroatoms. The van der Waals surface area contributed by atoms with Crippen LogP contribution in [0.15, 0.2) is 35.4 Å². The quantitative estimate of drug-likeness (QED) is 0.680. The van der Waals surface area contributed by atoms with E-state index in [-0.39, 0.29) is 0 Å². The topological polar surface area (TPSA) is 50.2 Å². The lowest BCUT2D eigenvalue weighted by molar-refractivity contribution is 1.04. The van der Waals surface area contributed by atoms with Crippen LogP contribution in [0.25, 0.3) is 0 Å². The largest absolute Gasteiger partial charge is 0.245 e. The standard InChI is InChI=1S/C14H16N4.C2H6/c1-10-5-4-6-13(7-10)9-15-18-14-16-11(2)8-12(3)17-14;1-2/h4-9H,1-3H3,(H,16,17,18);1-2H3/b15-9+;. The number of hydrogen-bond acceptors (Lipinski definition) is 4. The van der Waals surface area contributed by atoms with Gasteiger partial charge in [0.05, 0.1) is 6.21 Å². The average molecular weight is 270 g/mol. The summed E-state index contributed by atoms with van der Waals surface area (Å²) in [6.45, 7) is 9.92. The van der Waals surface area contributed by atoms with E-state index in [1.165, 1.54) is 5.56 Å². The molecule has 0 aliphatic heterocycles.